The van der Waals surface area contributed by atoms with Gasteiger partial charge in [0.2, 0.25) is 5.91 Å². The highest BCUT2D eigenvalue weighted by Crippen LogP contribution is 2.18. The second-order valence-electron chi connectivity index (χ2n) is 4.48. The molecule has 0 unspecified atom stereocenters. The van der Waals surface area contributed by atoms with Gasteiger partial charge in [0.1, 0.15) is 0 Å². The summed E-state index contributed by atoms with van der Waals surface area (Å²) in [5.41, 5.74) is 2.02. The fourth-order valence-electron chi connectivity index (χ4n) is 1.99. The zero-order valence-electron chi connectivity index (χ0n) is 10.8. The Morgan fingerprint density at radius 1 is 1.50 bits per heavy atom. The third-order valence-electron chi connectivity index (χ3n) is 2.93. The van der Waals surface area contributed by atoms with Crippen molar-refractivity contribution in [3.05, 3.63) is 18.5 Å². The summed E-state index contributed by atoms with van der Waals surface area (Å²) in [6.07, 6.45) is 5.68. The minimum absolute atomic E-state index is 0.0828. The Morgan fingerprint density at radius 2 is 2.39 bits per heavy atom. The lowest BCUT2D eigenvalue weighted by molar-refractivity contribution is -0.119. The molecule has 1 fully saturated rings. The van der Waals surface area contributed by atoms with Crippen molar-refractivity contribution in [1.82, 2.24) is 10.3 Å². The predicted molar refractivity (Wildman–Crippen MR) is 72.9 cm³/mol. The third kappa shape index (κ3) is 3.35. The van der Waals surface area contributed by atoms with E-state index in [0.29, 0.717) is 6.54 Å². The molecule has 1 aliphatic heterocycles. The van der Waals surface area contributed by atoms with Crippen LogP contribution in [0.2, 0.25) is 0 Å². The summed E-state index contributed by atoms with van der Waals surface area (Å²) in [7, 11) is 0. The van der Waals surface area contributed by atoms with Crippen molar-refractivity contribution in [2.75, 3.05) is 36.4 Å². The molecule has 0 radical (unpaired) electrons. The Kier molecular flexibility index (Phi) is 4.39. The Bertz CT molecular complexity index is 408. The second-order valence-corrected chi connectivity index (χ2v) is 4.48. The van der Waals surface area contributed by atoms with E-state index in [1.165, 1.54) is 0 Å². The van der Waals surface area contributed by atoms with Crippen LogP contribution in [0.1, 0.15) is 19.8 Å². The van der Waals surface area contributed by atoms with Gasteiger partial charge in [-0.15, -0.1) is 0 Å². The van der Waals surface area contributed by atoms with Crippen LogP contribution < -0.4 is 15.5 Å². The van der Waals surface area contributed by atoms with Crippen molar-refractivity contribution in [3.63, 3.8) is 0 Å². The van der Waals surface area contributed by atoms with Gasteiger partial charge < -0.3 is 15.5 Å². The van der Waals surface area contributed by atoms with Crippen LogP contribution in [0.15, 0.2) is 18.5 Å². The number of hydrogen-bond donors (Lipinski definition) is 2. The van der Waals surface area contributed by atoms with E-state index in [1.807, 2.05) is 12.4 Å². The molecule has 0 saturated carbocycles. The third-order valence-corrected chi connectivity index (χ3v) is 2.93. The number of nitrogens with one attached hydrogen (secondary N) is 2. The summed E-state index contributed by atoms with van der Waals surface area (Å²) in [4.78, 5) is 17.8. The lowest BCUT2D eigenvalue weighted by atomic mass is 10.3. The fourth-order valence-corrected chi connectivity index (χ4v) is 1.99. The van der Waals surface area contributed by atoms with Crippen LogP contribution in [0.25, 0.3) is 0 Å². The first-order chi connectivity index (χ1) is 8.79. The van der Waals surface area contributed by atoms with Crippen molar-refractivity contribution in [1.29, 1.82) is 0 Å². The lowest BCUT2D eigenvalue weighted by Crippen LogP contribution is -2.33. The van der Waals surface area contributed by atoms with Crippen molar-refractivity contribution < 1.29 is 4.79 Å². The Labute approximate surface area is 108 Å². The van der Waals surface area contributed by atoms with Crippen LogP contribution >= 0.6 is 0 Å². The normalized spacial score (nSPS) is 16.1. The van der Waals surface area contributed by atoms with Crippen LogP contribution in [-0.4, -0.2) is 37.1 Å². The summed E-state index contributed by atoms with van der Waals surface area (Å²) >= 11 is 0. The molecular weight excluding hydrogens is 228 g/mol. The van der Waals surface area contributed by atoms with Crippen molar-refractivity contribution in [3.8, 4) is 0 Å². The molecular formula is C13H20N4O. The molecule has 1 aliphatic rings. The number of carbonyl (C=O) groups is 1. The quantitative estimate of drug-likeness (QED) is 0.841. The predicted octanol–water partition coefficient (Wildman–Crippen LogP) is 1.23. The van der Waals surface area contributed by atoms with E-state index >= 15 is 0 Å². The molecule has 18 heavy (non-hydrogen) atoms. The zero-order valence-corrected chi connectivity index (χ0v) is 10.8. The minimum atomic E-state index is 0.0828. The summed E-state index contributed by atoms with van der Waals surface area (Å²) in [5.74, 6) is 0.0828. The average molecular weight is 248 g/mol. The molecule has 2 N–H and O–H groups in total. The monoisotopic (exact) mass is 248 g/mol. The van der Waals surface area contributed by atoms with E-state index in [-0.39, 0.29) is 5.91 Å². The van der Waals surface area contributed by atoms with Gasteiger partial charge in [-0.3, -0.25) is 9.78 Å². The molecule has 1 saturated heterocycles. The Morgan fingerprint density at radius 3 is 3.22 bits per heavy atom. The highest BCUT2D eigenvalue weighted by Gasteiger charge is 2.15. The Hall–Kier alpha value is -1.78. The number of rotatable bonds is 4. The summed E-state index contributed by atoms with van der Waals surface area (Å²) < 4.78 is 0. The van der Waals surface area contributed by atoms with E-state index in [1.54, 1.807) is 0 Å². The summed E-state index contributed by atoms with van der Waals surface area (Å²) in [5, 5.41) is 6.19. The van der Waals surface area contributed by atoms with Gasteiger partial charge in [-0.25, -0.2) is 0 Å². The minimum Gasteiger partial charge on any atom is -0.384 e. The van der Waals surface area contributed by atoms with E-state index < -0.39 is 0 Å². The van der Waals surface area contributed by atoms with Gasteiger partial charge in [-0.05, 0) is 18.9 Å². The van der Waals surface area contributed by atoms with Gasteiger partial charge in [0, 0.05) is 19.6 Å². The lowest BCUT2D eigenvalue weighted by Gasteiger charge is -2.21. The van der Waals surface area contributed by atoms with Gasteiger partial charge in [0.15, 0.2) is 0 Å². The molecule has 1 amide bonds. The fraction of sp³-hybridized carbons (Fsp3) is 0.538. The van der Waals surface area contributed by atoms with E-state index in [9.17, 15) is 4.79 Å². The molecule has 1 aromatic rings. The van der Waals surface area contributed by atoms with Crippen LogP contribution in [0.5, 0.6) is 0 Å². The molecule has 0 spiro atoms. The number of anilines is 2. The van der Waals surface area contributed by atoms with Gasteiger partial charge in [0.05, 0.1) is 30.3 Å². The molecule has 0 aromatic carbocycles. The first-order valence-corrected chi connectivity index (χ1v) is 6.50. The smallest absolute Gasteiger partial charge is 0.239 e. The van der Waals surface area contributed by atoms with Crippen molar-refractivity contribution in [2.24, 2.45) is 0 Å². The first-order valence-electron chi connectivity index (χ1n) is 6.50. The molecule has 2 rings (SSSR count). The zero-order chi connectivity index (χ0) is 12.8. The molecule has 1 aromatic heterocycles. The molecule has 0 bridgehead atoms. The maximum absolute atomic E-state index is 11.5. The molecule has 0 atom stereocenters. The number of aromatic nitrogens is 1. The van der Waals surface area contributed by atoms with Crippen LogP contribution in [0.4, 0.5) is 11.4 Å². The van der Waals surface area contributed by atoms with Gasteiger partial charge >= 0.3 is 0 Å². The van der Waals surface area contributed by atoms with Crippen molar-refractivity contribution in [2.45, 2.75) is 19.8 Å². The van der Waals surface area contributed by atoms with Crippen LogP contribution in [0, 0.1) is 0 Å². The Balaban J connectivity index is 2.08. The number of amides is 1. The number of nitrogens with zero attached hydrogens (tertiary/aromatic N) is 2. The van der Waals surface area contributed by atoms with E-state index in [2.05, 4.69) is 33.5 Å². The maximum atomic E-state index is 11.5. The number of pyridine rings is 1. The van der Waals surface area contributed by atoms with Gasteiger partial charge in [-0.2, -0.15) is 0 Å². The highest BCUT2D eigenvalue weighted by molar-refractivity contribution is 5.81. The molecule has 98 valence electrons. The van der Waals surface area contributed by atoms with Crippen molar-refractivity contribution >= 4 is 17.3 Å². The molecule has 5 nitrogen and oxygen atoms in total. The topological polar surface area (TPSA) is 57.3 Å². The number of carbonyl (C=O) groups excluding carboxylic acids is 1. The highest BCUT2D eigenvalue weighted by atomic mass is 16.2. The van der Waals surface area contributed by atoms with Crippen LogP contribution in [-0.2, 0) is 4.79 Å². The van der Waals surface area contributed by atoms with Gasteiger partial charge in [0.25, 0.3) is 0 Å². The first kappa shape index (κ1) is 12.7. The molecule has 5 heteroatoms. The average Bonchev–Trinajstić information content (AvgIpc) is 2.61. The number of hydrogen-bond acceptors (Lipinski definition) is 4. The standard InChI is InChI=1S/C13H20N4O/c1-2-4-15-11-7-12(9-14-8-11)17-6-3-5-16-13(18)10-17/h7-9,15H,2-6,10H2,1H3,(H,16,18). The SMILES string of the molecule is CCCNc1cncc(N2CCCNC(=O)C2)c1. The molecule has 2 heterocycles. The van der Waals surface area contributed by atoms with E-state index in [0.717, 1.165) is 43.9 Å². The second kappa shape index (κ2) is 6.23. The summed E-state index contributed by atoms with van der Waals surface area (Å²) in [6.45, 7) is 5.13. The van der Waals surface area contributed by atoms with Gasteiger partial charge in [-0.1, -0.05) is 6.92 Å². The van der Waals surface area contributed by atoms with Crippen LogP contribution in [0.3, 0.4) is 0 Å². The maximum Gasteiger partial charge on any atom is 0.239 e. The largest absolute Gasteiger partial charge is 0.384 e. The van der Waals surface area contributed by atoms with E-state index in [4.69, 9.17) is 0 Å². The molecule has 0 aliphatic carbocycles. The summed E-state index contributed by atoms with van der Waals surface area (Å²) in [6, 6.07) is 2.06.